The molecule has 0 heterocycles. The van der Waals surface area contributed by atoms with Crippen LogP contribution < -0.4 is 0 Å². The zero-order valence-electron chi connectivity index (χ0n) is 6.81. The fourth-order valence-corrected chi connectivity index (χ4v) is 0.871. The lowest BCUT2D eigenvalue weighted by atomic mass is 9.99. The minimum Gasteiger partial charge on any atom is -0.390 e. The second kappa shape index (κ2) is 5.66. The minimum atomic E-state index is -0.744. The fourth-order valence-electron chi connectivity index (χ4n) is 0.871. The summed E-state index contributed by atoms with van der Waals surface area (Å²) in [5, 5.41) is 8.98. The van der Waals surface area contributed by atoms with Crippen LogP contribution in [0, 0.1) is 5.92 Å². The van der Waals surface area contributed by atoms with Crippen LogP contribution in [0.4, 0.5) is 4.39 Å². The molecule has 0 aliphatic rings. The molecule has 1 nitrogen and oxygen atoms in total. The molecule has 0 radical (unpaired) electrons. The van der Waals surface area contributed by atoms with Crippen LogP contribution in [-0.2, 0) is 0 Å². The van der Waals surface area contributed by atoms with Gasteiger partial charge in [0.2, 0.25) is 0 Å². The molecule has 0 saturated heterocycles. The van der Waals surface area contributed by atoms with Gasteiger partial charge < -0.3 is 5.11 Å². The van der Waals surface area contributed by atoms with Gasteiger partial charge in [0.25, 0.3) is 0 Å². The number of hydrogen-bond acceptors (Lipinski definition) is 1. The molecule has 62 valence electrons. The molecule has 0 aromatic heterocycles. The Labute approximate surface area is 62.3 Å². The highest BCUT2D eigenvalue weighted by Gasteiger charge is 2.12. The highest BCUT2D eigenvalue weighted by atomic mass is 19.1. The van der Waals surface area contributed by atoms with Crippen LogP contribution >= 0.6 is 0 Å². The van der Waals surface area contributed by atoms with Gasteiger partial charge in [-0.3, -0.25) is 0 Å². The van der Waals surface area contributed by atoms with Gasteiger partial charge in [0, 0.05) is 0 Å². The van der Waals surface area contributed by atoms with Gasteiger partial charge in [0.1, 0.15) is 6.67 Å². The highest BCUT2D eigenvalue weighted by Crippen LogP contribution is 2.12. The Morgan fingerprint density at radius 3 is 2.50 bits per heavy atom. The number of aliphatic hydroxyl groups excluding tert-OH is 1. The Hall–Kier alpha value is -0.110. The van der Waals surface area contributed by atoms with Gasteiger partial charge in [-0.25, -0.2) is 4.39 Å². The maximum atomic E-state index is 11.8. The molecule has 0 aliphatic carbocycles. The van der Waals surface area contributed by atoms with E-state index in [0.717, 1.165) is 19.3 Å². The summed E-state index contributed by atoms with van der Waals surface area (Å²) < 4.78 is 11.8. The summed E-state index contributed by atoms with van der Waals surface area (Å²) in [7, 11) is 0. The molecule has 2 atom stereocenters. The average Bonchev–Trinajstić information content (AvgIpc) is 1.98. The van der Waals surface area contributed by atoms with Gasteiger partial charge in [0.15, 0.2) is 0 Å². The summed E-state index contributed by atoms with van der Waals surface area (Å²) in [5.74, 6) is 0.116. The Balaban J connectivity index is 3.31. The number of rotatable bonds is 5. The second-order valence-corrected chi connectivity index (χ2v) is 2.84. The van der Waals surface area contributed by atoms with Crippen molar-refractivity contribution in [3.8, 4) is 0 Å². The summed E-state index contributed by atoms with van der Waals surface area (Å²) >= 11 is 0. The van der Waals surface area contributed by atoms with E-state index in [9.17, 15) is 4.39 Å². The van der Waals surface area contributed by atoms with E-state index < -0.39 is 12.8 Å². The first kappa shape index (κ1) is 9.89. The third-order valence-electron chi connectivity index (χ3n) is 1.83. The minimum absolute atomic E-state index is 0.116. The molecular formula is C8H17FO. The van der Waals surface area contributed by atoms with Gasteiger partial charge in [-0.1, -0.05) is 26.7 Å². The van der Waals surface area contributed by atoms with Crippen molar-refractivity contribution in [2.45, 2.75) is 39.2 Å². The smallest absolute Gasteiger partial charge is 0.116 e. The van der Waals surface area contributed by atoms with Crippen molar-refractivity contribution < 1.29 is 9.50 Å². The second-order valence-electron chi connectivity index (χ2n) is 2.84. The summed E-state index contributed by atoms with van der Waals surface area (Å²) in [6.07, 6.45) is 2.38. The summed E-state index contributed by atoms with van der Waals surface area (Å²) in [5.41, 5.74) is 0. The van der Waals surface area contributed by atoms with Gasteiger partial charge in [-0.15, -0.1) is 0 Å². The van der Waals surface area contributed by atoms with E-state index in [0.29, 0.717) is 0 Å². The van der Waals surface area contributed by atoms with Crippen molar-refractivity contribution in [2.24, 2.45) is 5.92 Å². The van der Waals surface area contributed by atoms with E-state index in [1.807, 2.05) is 6.92 Å². The number of alkyl halides is 1. The molecule has 0 aromatic rings. The van der Waals surface area contributed by atoms with Crippen LogP contribution in [0.5, 0.6) is 0 Å². The molecule has 0 saturated carbocycles. The molecule has 0 aliphatic heterocycles. The number of unbranched alkanes of at least 4 members (excludes halogenated alkanes) is 1. The van der Waals surface area contributed by atoms with E-state index in [-0.39, 0.29) is 5.92 Å². The molecule has 0 rings (SSSR count). The molecule has 10 heavy (non-hydrogen) atoms. The van der Waals surface area contributed by atoms with E-state index in [2.05, 4.69) is 6.92 Å². The molecule has 0 amide bonds. The lowest BCUT2D eigenvalue weighted by Gasteiger charge is -2.14. The predicted molar refractivity (Wildman–Crippen MR) is 40.7 cm³/mol. The third kappa shape index (κ3) is 3.83. The quantitative estimate of drug-likeness (QED) is 0.633. The van der Waals surface area contributed by atoms with Crippen molar-refractivity contribution in [3.05, 3.63) is 0 Å². The van der Waals surface area contributed by atoms with E-state index in [4.69, 9.17) is 5.11 Å². The first-order valence-corrected chi connectivity index (χ1v) is 3.96. The number of aliphatic hydroxyl groups is 1. The van der Waals surface area contributed by atoms with Crippen LogP contribution in [0.15, 0.2) is 0 Å². The largest absolute Gasteiger partial charge is 0.390 e. The molecule has 0 bridgehead atoms. The van der Waals surface area contributed by atoms with Crippen molar-refractivity contribution in [1.82, 2.24) is 0 Å². The zero-order valence-corrected chi connectivity index (χ0v) is 6.81. The van der Waals surface area contributed by atoms with Crippen molar-refractivity contribution in [1.29, 1.82) is 0 Å². The summed E-state index contributed by atoms with van der Waals surface area (Å²) in [6.45, 7) is 3.37. The average molecular weight is 148 g/mol. The predicted octanol–water partition coefficient (Wildman–Crippen LogP) is 2.14. The van der Waals surface area contributed by atoms with Crippen LogP contribution in [-0.4, -0.2) is 17.9 Å². The summed E-state index contributed by atoms with van der Waals surface area (Å²) in [6, 6.07) is 0. The first-order valence-electron chi connectivity index (χ1n) is 3.96. The molecule has 2 heteroatoms. The maximum Gasteiger partial charge on any atom is 0.116 e. The van der Waals surface area contributed by atoms with Crippen LogP contribution in [0.2, 0.25) is 0 Å². The maximum absolute atomic E-state index is 11.8. The van der Waals surface area contributed by atoms with E-state index in [1.165, 1.54) is 0 Å². The standard InChI is InChI=1S/C8H17FO/c1-3-4-5-7(2)8(10)6-9/h7-8,10H,3-6H2,1-2H3/t7-,8-/m1/s1. The normalized spacial score (nSPS) is 16.8. The highest BCUT2D eigenvalue weighted by molar-refractivity contribution is 4.62. The zero-order chi connectivity index (χ0) is 7.98. The van der Waals surface area contributed by atoms with Crippen molar-refractivity contribution >= 4 is 0 Å². The lowest BCUT2D eigenvalue weighted by molar-refractivity contribution is 0.0835. The number of hydrogen-bond donors (Lipinski definition) is 1. The van der Waals surface area contributed by atoms with Crippen LogP contribution in [0.1, 0.15) is 33.1 Å². The van der Waals surface area contributed by atoms with Crippen LogP contribution in [0.25, 0.3) is 0 Å². The topological polar surface area (TPSA) is 20.2 Å². The molecule has 1 N–H and O–H groups in total. The molecular weight excluding hydrogens is 131 g/mol. The lowest BCUT2D eigenvalue weighted by Crippen LogP contribution is -2.19. The Kier molecular flexibility index (Phi) is 5.60. The Morgan fingerprint density at radius 1 is 1.50 bits per heavy atom. The fraction of sp³-hybridized carbons (Fsp3) is 1.00. The molecule has 0 aromatic carbocycles. The van der Waals surface area contributed by atoms with Gasteiger partial charge >= 0.3 is 0 Å². The van der Waals surface area contributed by atoms with Gasteiger partial charge in [-0.2, -0.15) is 0 Å². The van der Waals surface area contributed by atoms with Crippen molar-refractivity contribution in [3.63, 3.8) is 0 Å². The Morgan fingerprint density at radius 2 is 2.10 bits per heavy atom. The van der Waals surface area contributed by atoms with E-state index in [1.54, 1.807) is 0 Å². The SMILES string of the molecule is CCCC[C@@H](C)[C@H](O)CF. The van der Waals surface area contributed by atoms with Crippen LogP contribution in [0.3, 0.4) is 0 Å². The summed E-state index contributed by atoms with van der Waals surface area (Å²) in [4.78, 5) is 0. The molecule has 0 fully saturated rings. The number of halogens is 1. The first-order chi connectivity index (χ1) is 4.72. The van der Waals surface area contributed by atoms with Crippen molar-refractivity contribution in [2.75, 3.05) is 6.67 Å². The Bertz CT molecular complexity index is 75.7. The molecule has 0 unspecified atom stereocenters. The monoisotopic (exact) mass is 148 g/mol. The third-order valence-corrected chi connectivity index (χ3v) is 1.83. The van der Waals surface area contributed by atoms with Gasteiger partial charge in [0.05, 0.1) is 6.10 Å². The van der Waals surface area contributed by atoms with E-state index >= 15 is 0 Å². The molecule has 0 spiro atoms. The van der Waals surface area contributed by atoms with Gasteiger partial charge in [-0.05, 0) is 12.3 Å².